The molecule has 5 rings (SSSR count). The number of allylic oxidation sites excluding steroid dienone is 3. The fraction of sp³-hybridized carbons (Fsp3) is 0.214. The highest BCUT2D eigenvalue weighted by Crippen LogP contribution is 2.48. The number of ketones is 1. The predicted octanol–water partition coefficient (Wildman–Crippen LogP) is 4.66. The number of phosphoric acid groups is 1. The molecule has 4 N–H and O–H groups in total. The van der Waals surface area contributed by atoms with Crippen LogP contribution < -0.4 is 10.2 Å². The Labute approximate surface area is 243 Å². The Kier molecular flexibility index (Phi) is 7.65. The molecule has 0 unspecified atom stereocenters. The molecule has 1 aromatic carbocycles. The highest BCUT2D eigenvalue weighted by molar-refractivity contribution is 7.46. The third kappa shape index (κ3) is 5.19. The summed E-state index contributed by atoms with van der Waals surface area (Å²) in [5.74, 6) is -4.46. The highest BCUT2D eigenvalue weighted by Gasteiger charge is 2.32. The van der Waals surface area contributed by atoms with E-state index in [0.717, 1.165) is 6.07 Å². The standard InChI is InChI=1S/C28H26F2N5O7P/c1-5-13-6-7-15(28(37)38)26(36)16-8-14(10-32-23(13)16)17-11-35(12-42-43(39,40)41)27-21(25(17)34(3)4)20-22(30)18(29)9-19(31-2)24(20)33-27/h5,7-11,31H,6,12H2,1-4H3,(H,37,38)(H2,39,40,41)/b13-5-. The van der Waals surface area contributed by atoms with Gasteiger partial charge in [-0.2, -0.15) is 0 Å². The van der Waals surface area contributed by atoms with Gasteiger partial charge in [0.2, 0.25) is 5.78 Å². The largest absolute Gasteiger partial charge is 0.478 e. The summed E-state index contributed by atoms with van der Waals surface area (Å²) >= 11 is 0. The van der Waals surface area contributed by atoms with E-state index in [-0.39, 0.29) is 51.1 Å². The van der Waals surface area contributed by atoms with Crippen LogP contribution >= 0.6 is 7.82 Å². The van der Waals surface area contributed by atoms with Crippen molar-refractivity contribution in [1.82, 2.24) is 14.5 Å². The number of pyridine rings is 2. The molecule has 0 saturated carbocycles. The first kappa shape index (κ1) is 30.0. The second-order valence-corrected chi connectivity index (χ2v) is 11.1. The molecule has 0 bridgehead atoms. The summed E-state index contributed by atoms with van der Waals surface area (Å²) in [6.45, 7) is 1.01. The first-order valence-corrected chi connectivity index (χ1v) is 14.3. The van der Waals surface area contributed by atoms with E-state index in [1.165, 1.54) is 36.2 Å². The van der Waals surface area contributed by atoms with Crippen LogP contribution in [0, 0.1) is 11.6 Å². The van der Waals surface area contributed by atoms with Crippen molar-refractivity contribution in [2.75, 3.05) is 31.4 Å². The Bertz CT molecular complexity index is 1910. The molecule has 43 heavy (non-hydrogen) atoms. The molecule has 0 spiro atoms. The molecule has 0 saturated heterocycles. The summed E-state index contributed by atoms with van der Waals surface area (Å²) in [6.07, 6.45) is 6.09. The lowest BCUT2D eigenvalue weighted by Crippen LogP contribution is -2.17. The average Bonchev–Trinajstić information content (AvgIpc) is 3.28. The van der Waals surface area contributed by atoms with Crippen molar-refractivity contribution in [2.24, 2.45) is 0 Å². The molecule has 0 atom stereocenters. The molecule has 3 aliphatic rings. The molecule has 1 aliphatic carbocycles. The van der Waals surface area contributed by atoms with Gasteiger partial charge >= 0.3 is 13.8 Å². The van der Waals surface area contributed by atoms with Crippen LogP contribution in [0.2, 0.25) is 0 Å². The zero-order chi connectivity index (χ0) is 31.4. The number of hydrogen-bond donors (Lipinski definition) is 4. The molecule has 224 valence electrons. The van der Waals surface area contributed by atoms with Crippen LogP contribution in [0.5, 0.6) is 0 Å². The second-order valence-electron chi connectivity index (χ2n) is 9.90. The lowest BCUT2D eigenvalue weighted by molar-refractivity contribution is -0.132. The number of aromatic nitrogens is 3. The molecule has 0 fully saturated rings. The molecule has 3 heterocycles. The number of carbonyl (C=O) groups excluding carboxylic acids is 1. The first-order chi connectivity index (χ1) is 20.3. The number of benzene rings is 1. The lowest BCUT2D eigenvalue weighted by atomic mass is 9.95. The van der Waals surface area contributed by atoms with Gasteiger partial charge in [-0.3, -0.25) is 14.3 Å². The number of aliphatic carboxylic acids is 1. The number of carboxylic acid groups (broad SMARTS) is 1. The summed E-state index contributed by atoms with van der Waals surface area (Å²) in [4.78, 5) is 54.7. The van der Waals surface area contributed by atoms with Gasteiger partial charge in [0.05, 0.1) is 33.5 Å². The van der Waals surface area contributed by atoms with Gasteiger partial charge in [-0.05, 0) is 25.0 Å². The van der Waals surface area contributed by atoms with E-state index in [2.05, 4.69) is 15.3 Å². The monoisotopic (exact) mass is 613 g/mol. The molecule has 2 aromatic rings. The van der Waals surface area contributed by atoms with Crippen LogP contribution in [-0.2, 0) is 20.6 Å². The van der Waals surface area contributed by atoms with Gasteiger partial charge in [0, 0.05) is 56.3 Å². The summed E-state index contributed by atoms with van der Waals surface area (Å²) in [5.41, 5.74) is 1.73. The predicted molar refractivity (Wildman–Crippen MR) is 155 cm³/mol. The summed E-state index contributed by atoms with van der Waals surface area (Å²) in [7, 11) is -0.179. The number of carbonyl (C=O) groups is 2. The Morgan fingerprint density at radius 1 is 1.26 bits per heavy atom. The molecule has 2 aliphatic heterocycles. The van der Waals surface area contributed by atoms with Crippen molar-refractivity contribution < 1.29 is 42.4 Å². The number of rotatable bonds is 7. The molecule has 0 radical (unpaired) electrons. The van der Waals surface area contributed by atoms with Crippen molar-refractivity contribution in [2.45, 2.75) is 20.1 Å². The maximum atomic E-state index is 15.5. The van der Waals surface area contributed by atoms with Crippen molar-refractivity contribution >= 4 is 47.4 Å². The van der Waals surface area contributed by atoms with E-state index in [0.29, 0.717) is 17.0 Å². The van der Waals surface area contributed by atoms with Crippen LogP contribution in [0.15, 0.2) is 42.3 Å². The zero-order valence-electron chi connectivity index (χ0n) is 23.3. The second kappa shape index (κ2) is 11.0. The topological polar surface area (TPSA) is 167 Å². The number of phosphoric ester groups is 1. The van der Waals surface area contributed by atoms with E-state index >= 15 is 4.39 Å². The van der Waals surface area contributed by atoms with E-state index in [4.69, 9.17) is 4.52 Å². The van der Waals surface area contributed by atoms with E-state index in [9.17, 15) is 33.4 Å². The van der Waals surface area contributed by atoms with Gasteiger partial charge in [-0.15, -0.1) is 0 Å². The van der Waals surface area contributed by atoms with Gasteiger partial charge in [0.15, 0.2) is 11.6 Å². The quantitative estimate of drug-likeness (QED) is 0.169. The highest BCUT2D eigenvalue weighted by atomic mass is 31.2. The fourth-order valence-electron chi connectivity index (χ4n) is 5.21. The first-order valence-electron chi connectivity index (χ1n) is 12.8. The van der Waals surface area contributed by atoms with Crippen molar-refractivity contribution in [1.29, 1.82) is 0 Å². The van der Waals surface area contributed by atoms with Crippen molar-refractivity contribution in [3.05, 3.63) is 65.1 Å². The van der Waals surface area contributed by atoms with Gasteiger partial charge in [-0.25, -0.2) is 23.1 Å². The zero-order valence-corrected chi connectivity index (χ0v) is 24.2. The number of hydrogen-bond acceptors (Lipinski definition) is 8. The number of fused-ring (bicyclic) bond motifs is 4. The Balaban J connectivity index is 1.89. The number of anilines is 2. The lowest BCUT2D eigenvalue weighted by Gasteiger charge is -2.25. The fourth-order valence-corrected chi connectivity index (χ4v) is 5.48. The van der Waals surface area contributed by atoms with E-state index in [1.807, 2.05) is 0 Å². The summed E-state index contributed by atoms with van der Waals surface area (Å²) in [6, 6.07) is 2.40. The van der Waals surface area contributed by atoms with E-state index in [1.54, 1.807) is 32.0 Å². The minimum absolute atomic E-state index is 0.0137. The average molecular weight is 614 g/mol. The Morgan fingerprint density at radius 3 is 2.58 bits per heavy atom. The van der Waals surface area contributed by atoms with Crippen LogP contribution in [0.3, 0.4) is 0 Å². The summed E-state index contributed by atoms with van der Waals surface area (Å²) in [5, 5.41) is 12.3. The third-order valence-electron chi connectivity index (χ3n) is 7.11. The van der Waals surface area contributed by atoms with Crippen molar-refractivity contribution in [3.8, 4) is 22.5 Å². The number of nitrogens with one attached hydrogen (secondary N) is 1. The maximum absolute atomic E-state index is 15.5. The minimum atomic E-state index is -4.98. The van der Waals surface area contributed by atoms with Crippen LogP contribution in [0.1, 0.15) is 29.4 Å². The number of carboxylic acids is 1. The van der Waals surface area contributed by atoms with E-state index < -0.39 is 43.5 Å². The molecule has 12 nitrogen and oxygen atoms in total. The maximum Gasteiger partial charge on any atom is 0.471 e. The SMILES string of the molecule is C/C=C1/CC=C(C(=O)O)C(=O)c2cc(-c3cn(COP(=O)(O)O)c4nc5c(NC)cc(F)c(F)c5c-4c3N(C)C)cnc21. The molecule has 15 heteroatoms. The van der Waals surface area contributed by atoms with Gasteiger partial charge in [-0.1, -0.05) is 12.2 Å². The minimum Gasteiger partial charge on any atom is -0.478 e. The normalized spacial score (nSPS) is 14.7. The number of halogens is 2. The molecule has 0 amide bonds. The molecular weight excluding hydrogens is 587 g/mol. The summed E-state index contributed by atoms with van der Waals surface area (Å²) < 4.78 is 47.9. The third-order valence-corrected chi connectivity index (χ3v) is 7.56. The van der Waals surface area contributed by atoms with Crippen molar-refractivity contribution in [3.63, 3.8) is 0 Å². The number of Topliss-reactive ketones (excluding diaryl/α,β-unsaturated/α-hetero) is 1. The molecular formula is C28H26F2N5O7P. The molecule has 1 aromatic heterocycles. The van der Waals surface area contributed by atoms with Crippen LogP contribution in [0.4, 0.5) is 20.2 Å². The smallest absolute Gasteiger partial charge is 0.471 e. The Morgan fingerprint density at radius 2 is 1.98 bits per heavy atom. The van der Waals surface area contributed by atoms with Gasteiger partial charge < -0.3 is 29.7 Å². The van der Waals surface area contributed by atoms with Crippen LogP contribution in [-0.4, -0.2) is 62.3 Å². The van der Waals surface area contributed by atoms with Gasteiger partial charge in [0.25, 0.3) is 0 Å². The van der Waals surface area contributed by atoms with Gasteiger partial charge in [0.1, 0.15) is 18.1 Å². The van der Waals surface area contributed by atoms with Crippen LogP contribution in [0.25, 0.3) is 39.0 Å². The number of nitrogens with zero attached hydrogens (tertiary/aromatic N) is 4. The Hall–Kier alpha value is -4.49.